The Hall–Kier alpha value is -0.540. The van der Waals surface area contributed by atoms with Crippen molar-refractivity contribution in [2.75, 3.05) is 0 Å². The van der Waals surface area contributed by atoms with E-state index in [-0.39, 0.29) is 6.04 Å². The van der Waals surface area contributed by atoms with E-state index in [0.717, 1.165) is 17.1 Å². The Bertz CT molecular complexity index is 305. The molecule has 3 heteroatoms. The van der Waals surface area contributed by atoms with Gasteiger partial charge in [0.15, 0.2) is 0 Å². The molecule has 0 aliphatic carbocycles. The molecule has 0 amide bonds. The zero-order valence-corrected chi connectivity index (χ0v) is 10.8. The molecule has 15 heavy (non-hydrogen) atoms. The molecule has 2 N–H and O–H groups in total. The molecule has 0 saturated heterocycles. The van der Waals surface area contributed by atoms with Crippen molar-refractivity contribution in [2.24, 2.45) is 5.73 Å². The maximum atomic E-state index is 5.99. The van der Waals surface area contributed by atoms with Crippen LogP contribution in [0.3, 0.4) is 0 Å². The first-order valence-corrected chi connectivity index (χ1v) is 6.28. The molecule has 0 aliphatic heterocycles. The van der Waals surface area contributed by atoms with E-state index in [2.05, 4.69) is 37.9 Å². The molecule has 1 aromatic rings. The van der Waals surface area contributed by atoms with Crippen molar-refractivity contribution >= 4 is 11.8 Å². The van der Waals surface area contributed by atoms with Crippen molar-refractivity contribution in [3.8, 4) is 0 Å². The zero-order chi connectivity index (χ0) is 11.4. The van der Waals surface area contributed by atoms with Crippen molar-refractivity contribution < 1.29 is 0 Å². The highest BCUT2D eigenvalue weighted by Crippen LogP contribution is 2.24. The lowest BCUT2D eigenvalue weighted by Crippen LogP contribution is -2.29. The third kappa shape index (κ3) is 3.84. The van der Waals surface area contributed by atoms with Crippen LogP contribution in [0.4, 0.5) is 0 Å². The average Bonchev–Trinajstić information content (AvgIpc) is 2.14. The topological polar surface area (TPSA) is 38.9 Å². The molecular formula is C12H20N2S. The van der Waals surface area contributed by atoms with Gasteiger partial charge in [-0.2, -0.15) is 0 Å². The van der Waals surface area contributed by atoms with Crippen LogP contribution >= 0.6 is 11.8 Å². The van der Waals surface area contributed by atoms with Gasteiger partial charge in [-0.1, -0.05) is 13.8 Å². The molecule has 0 aromatic carbocycles. The molecule has 2 atom stereocenters. The number of pyridine rings is 1. The second-order valence-electron chi connectivity index (χ2n) is 4.02. The Balaban J connectivity index is 2.72. The Morgan fingerprint density at radius 1 is 1.40 bits per heavy atom. The van der Waals surface area contributed by atoms with Crippen LogP contribution < -0.4 is 5.73 Å². The van der Waals surface area contributed by atoms with Gasteiger partial charge in [0.1, 0.15) is 0 Å². The number of aromatic nitrogens is 1. The van der Waals surface area contributed by atoms with E-state index in [9.17, 15) is 0 Å². The first kappa shape index (κ1) is 12.5. The SMILES string of the molecule is CCC(N)C(C)Sc1cc(C)cc(C)n1. The van der Waals surface area contributed by atoms with Crippen molar-refractivity contribution in [1.82, 2.24) is 4.98 Å². The minimum Gasteiger partial charge on any atom is -0.327 e. The van der Waals surface area contributed by atoms with Gasteiger partial charge < -0.3 is 5.73 Å². The van der Waals surface area contributed by atoms with Crippen molar-refractivity contribution in [3.63, 3.8) is 0 Å². The van der Waals surface area contributed by atoms with Crippen LogP contribution in [0, 0.1) is 13.8 Å². The smallest absolute Gasteiger partial charge is 0.0968 e. The largest absolute Gasteiger partial charge is 0.327 e. The third-order valence-electron chi connectivity index (χ3n) is 2.46. The Morgan fingerprint density at radius 3 is 2.60 bits per heavy atom. The lowest BCUT2D eigenvalue weighted by atomic mass is 10.2. The zero-order valence-electron chi connectivity index (χ0n) is 9.95. The summed E-state index contributed by atoms with van der Waals surface area (Å²) in [6.45, 7) is 8.42. The second-order valence-corrected chi connectivity index (χ2v) is 5.42. The van der Waals surface area contributed by atoms with E-state index in [1.807, 2.05) is 6.92 Å². The lowest BCUT2D eigenvalue weighted by Gasteiger charge is -2.17. The summed E-state index contributed by atoms with van der Waals surface area (Å²) in [5.74, 6) is 0. The summed E-state index contributed by atoms with van der Waals surface area (Å²) >= 11 is 1.77. The molecule has 1 heterocycles. The van der Waals surface area contributed by atoms with Gasteiger partial charge in [-0.3, -0.25) is 0 Å². The molecule has 0 saturated carbocycles. The molecule has 0 spiro atoms. The second kappa shape index (κ2) is 5.52. The first-order valence-electron chi connectivity index (χ1n) is 5.40. The molecule has 1 rings (SSSR count). The minimum atomic E-state index is 0.248. The summed E-state index contributed by atoms with van der Waals surface area (Å²) in [7, 11) is 0. The molecule has 0 radical (unpaired) electrons. The summed E-state index contributed by atoms with van der Waals surface area (Å²) in [5, 5.41) is 1.51. The quantitative estimate of drug-likeness (QED) is 0.799. The standard InChI is InChI=1S/C12H20N2S/c1-5-11(13)10(4)15-12-7-8(2)6-9(3)14-12/h6-7,10-11H,5,13H2,1-4H3. The number of nitrogens with zero attached hydrogens (tertiary/aromatic N) is 1. The van der Waals surface area contributed by atoms with E-state index in [1.165, 1.54) is 5.56 Å². The summed E-state index contributed by atoms with van der Waals surface area (Å²) in [6.07, 6.45) is 1.01. The highest BCUT2D eigenvalue weighted by atomic mass is 32.2. The van der Waals surface area contributed by atoms with Gasteiger partial charge in [-0.15, -0.1) is 11.8 Å². The van der Waals surface area contributed by atoms with Crippen molar-refractivity contribution in [1.29, 1.82) is 0 Å². The Morgan fingerprint density at radius 2 is 2.07 bits per heavy atom. The molecule has 0 fully saturated rings. The van der Waals surface area contributed by atoms with Crippen LogP contribution in [0.15, 0.2) is 17.2 Å². The van der Waals surface area contributed by atoms with Gasteiger partial charge in [0.25, 0.3) is 0 Å². The van der Waals surface area contributed by atoms with E-state index in [1.54, 1.807) is 11.8 Å². The fourth-order valence-electron chi connectivity index (χ4n) is 1.47. The Labute approximate surface area is 96.7 Å². The van der Waals surface area contributed by atoms with Gasteiger partial charge in [-0.05, 0) is 38.0 Å². The maximum absolute atomic E-state index is 5.99. The molecule has 0 bridgehead atoms. The van der Waals surface area contributed by atoms with Gasteiger partial charge in [0.05, 0.1) is 5.03 Å². The van der Waals surface area contributed by atoms with E-state index in [4.69, 9.17) is 5.73 Å². The van der Waals surface area contributed by atoms with E-state index < -0.39 is 0 Å². The van der Waals surface area contributed by atoms with Crippen LogP contribution in [0.1, 0.15) is 31.5 Å². The van der Waals surface area contributed by atoms with Crippen molar-refractivity contribution in [3.05, 3.63) is 23.4 Å². The summed E-state index contributed by atoms with van der Waals surface area (Å²) in [4.78, 5) is 4.50. The monoisotopic (exact) mass is 224 g/mol. The average molecular weight is 224 g/mol. The summed E-state index contributed by atoms with van der Waals surface area (Å²) < 4.78 is 0. The number of thioether (sulfide) groups is 1. The van der Waals surface area contributed by atoms with Gasteiger partial charge in [-0.25, -0.2) is 4.98 Å². The molecule has 84 valence electrons. The van der Waals surface area contributed by atoms with Crippen LogP contribution in [0.25, 0.3) is 0 Å². The number of rotatable bonds is 4. The molecular weight excluding hydrogens is 204 g/mol. The van der Waals surface area contributed by atoms with E-state index in [0.29, 0.717) is 5.25 Å². The van der Waals surface area contributed by atoms with Gasteiger partial charge in [0.2, 0.25) is 0 Å². The van der Waals surface area contributed by atoms with Crippen LogP contribution in [-0.2, 0) is 0 Å². The number of nitrogens with two attached hydrogens (primary N) is 1. The van der Waals surface area contributed by atoms with Crippen LogP contribution in [-0.4, -0.2) is 16.3 Å². The van der Waals surface area contributed by atoms with Crippen LogP contribution in [0.2, 0.25) is 0 Å². The molecule has 2 unspecified atom stereocenters. The molecule has 1 aromatic heterocycles. The van der Waals surface area contributed by atoms with Crippen molar-refractivity contribution in [2.45, 2.75) is 50.4 Å². The predicted octanol–water partition coefficient (Wildman–Crippen LogP) is 2.92. The minimum absolute atomic E-state index is 0.248. The normalized spacial score (nSPS) is 15.0. The lowest BCUT2D eigenvalue weighted by molar-refractivity contribution is 0.641. The maximum Gasteiger partial charge on any atom is 0.0968 e. The molecule has 2 nitrogen and oxygen atoms in total. The Kier molecular flexibility index (Phi) is 4.61. The highest BCUT2D eigenvalue weighted by Gasteiger charge is 2.12. The van der Waals surface area contributed by atoms with Gasteiger partial charge in [0, 0.05) is 17.0 Å². The number of aryl methyl sites for hydroxylation is 2. The first-order chi connectivity index (χ1) is 7.02. The summed E-state index contributed by atoms with van der Waals surface area (Å²) in [6, 6.07) is 4.46. The van der Waals surface area contributed by atoms with E-state index >= 15 is 0 Å². The summed E-state index contributed by atoms with van der Waals surface area (Å²) in [5.41, 5.74) is 8.34. The molecule has 0 aliphatic rings. The predicted molar refractivity (Wildman–Crippen MR) is 67.3 cm³/mol. The van der Waals surface area contributed by atoms with Crippen LogP contribution in [0.5, 0.6) is 0 Å². The fraction of sp³-hybridized carbons (Fsp3) is 0.583. The van der Waals surface area contributed by atoms with Gasteiger partial charge >= 0.3 is 0 Å². The number of hydrogen-bond donors (Lipinski definition) is 1. The highest BCUT2D eigenvalue weighted by molar-refractivity contribution is 7.99. The third-order valence-corrected chi connectivity index (χ3v) is 3.63. The number of hydrogen-bond acceptors (Lipinski definition) is 3. The fourth-order valence-corrected chi connectivity index (χ4v) is 2.67.